The molecule has 0 aliphatic rings. The minimum Gasteiger partial charge on any atom is -0.491 e. The molecule has 1 rings (SSSR count). The second kappa shape index (κ2) is 5.37. The predicted molar refractivity (Wildman–Crippen MR) is 61.2 cm³/mol. The molecule has 1 N–H and O–H groups in total. The highest BCUT2D eigenvalue weighted by Gasteiger charge is 2.03. The standard InChI is InChI=1S/C11H15BrO2/c1-8-3-4-11(5-9(8)2)14-7-10(13)6-12/h3-5,10,13H,6-7H2,1-2H3. The number of hydrogen-bond acceptors (Lipinski definition) is 2. The third-order valence-electron chi connectivity index (χ3n) is 2.10. The van der Waals surface area contributed by atoms with E-state index in [1.54, 1.807) is 0 Å². The van der Waals surface area contributed by atoms with E-state index in [2.05, 4.69) is 22.9 Å². The van der Waals surface area contributed by atoms with Gasteiger partial charge in [-0.15, -0.1) is 0 Å². The summed E-state index contributed by atoms with van der Waals surface area (Å²) >= 11 is 3.18. The number of ether oxygens (including phenoxy) is 1. The third-order valence-corrected chi connectivity index (χ3v) is 2.85. The zero-order valence-corrected chi connectivity index (χ0v) is 10.0. The molecule has 0 spiro atoms. The summed E-state index contributed by atoms with van der Waals surface area (Å²) in [5.41, 5.74) is 2.45. The van der Waals surface area contributed by atoms with Crippen molar-refractivity contribution in [1.82, 2.24) is 0 Å². The molecule has 3 heteroatoms. The third kappa shape index (κ3) is 3.31. The lowest BCUT2D eigenvalue weighted by molar-refractivity contribution is 0.127. The molecule has 0 heterocycles. The van der Waals surface area contributed by atoms with Crippen molar-refractivity contribution in [3.8, 4) is 5.75 Å². The van der Waals surface area contributed by atoms with Crippen molar-refractivity contribution in [1.29, 1.82) is 0 Å². The number of hydrogen-bond donors (Lipinski definition) is 1. The van der Waals surface area contributed by atoms with E-state index in [4.69, 9.17) is 4.74 Å². The van der Waals surface area contributed by atoms with E-state index < -0.39 is 6.10 Å². The first kappa shape index (κ1) is 11.5. The van der Waals surface area contributed by atoms with E-state index in [0.717, 1.165) is 5.75 Å². The highest BCUT2D eigenvalue weighted by Crippen LogP contribution is 2.16. The molecule has 0 aliphatic carbocycles. The van der Waals surface area contributed by atoms with Gasteiger partial charge in [0.25, 0.3) is 0 Å². The van der Waals surface area contributed by atoms with Crippen LogP contribution < -0.4 is 4.74 Å². The first-order valence-corrected chi connectivity index (χ1v) is 5.69. The summed E-state index contributed by atoms with van der Waals surface area (Å²) in [6, 6.07) is 5.92. The van der Waals surface area contributed by atoms with E-state index >= 15 is 0 Å². The molecule has 1 unspecified atom stereocenters. The van der Waals surface area contributed by atoms with Crippen molar-refractivity contribution in [3.63, 3.8) is 0 Å². The summed E-state index contributed by atoms with van der Waals surface area (Å²) < 4.78 is 5.41. The number of alkyl halides is 1. The highest BCUT2D eigenvalue weighted by molar-refractivity contribution is 9.09. The maximum Gasteiger partial charge on any atom is 0.119 e. The number of aliphatic hydroxyl groups excluding tert-OH is 1. The van der Waals surface area contributed by atoms with Crippen molar-refractivity contribution in [3.05, 3.63) is 29.3 Å². The Morgan fingerprint density at radius 3 is 2.64 bits per heavy atom. The van der Waals surface area contributed by atoms with E-state index in [9.17, 15) is 5.11 Å². The van der Waals surface area contributed by atoms with E-state index in [-0.39, 0.29) is 0 Å². The van der Waals surface area contributed by atoms with Crippen molar-refractivity contribution in [2.45, 2.75) is 20.0 Å². The normalized spacial score (nSPS) is 12.6. The molecule has 1 aromatic carbocycles. The Hall–Kier alpha value is -0.540. The molecule has 78 valence electrons. The molecular weight excluding hydrogens is 244 g/mol. The average molecular weight is 259 g/mol. The zero-order valence-electron chi connectivity index (χ0n) is 8.46. The number of rotatable bonds is 4. The van der Waals surface area contributed by atoms with Crippen LogP contribution in [0.4, 0.5) is 0 Å². The minimum absolute atomic E-state index is 0.327. The molecule has 14 heavy (non-hydrogen) atoms. The Labute approximate surface area is 93.0 Å². The second-order valence-corrected chi connectivity index (χ2v) is 4.01. The van der Waals surface area contributed by atoms with Gasteiger partial charge >= 0.3 is 0 Å². The summed E-state index contributed by atoms with van der Waals surface area (Å²) in [4.78, 5) is 0. The molecule has 0 fully saturated rings. The summed E-state index contributed by atoms with van der Waals surface area (Å²) in [5, 5.41) is 9.81. The fraction of sp³-hybridized carbons (Fsp3) is 0.455. The molecular formula is C11H15BrO2. The lowest BCUT2D eigenvalue weighted by Gasteiger charge is -2.10. The Morgan fingerprint density at radius 1 is 1.36 bits per heavy atom. The van der Waals surface area contributed by atoms with Crippen molar-refractivity contribution in [2.24, 2.45) is 0 Å². The first-order valence-electron chi connectivity index (χ1n) is 4.57. The van der Waals surface area contributed by atoms with E-state index in [1.165, 1.54) is 11.1 Å². The highest BCUT2D eigenvalue weighted by atomic mass is 79.9. The van der Waals surface area contributed by atoms with Gasteiger partial charge in [-0.3, -0.25) is 0 Å². The monoisotopic (exact) mass is 258 g/mol. The maximum atomic E-state index is 9.27. The fourth-order valence-corrected chi connectivity index (χ4v) is 1.23. The van der Waals surface area contributed by atoms with Crippen LogP contribution in [0.1, 0.15) is 11.1 Å². The van der Waals surface area contributed by atoms with Gasteiger partial charge in [-0.1, -0.05) is 22.0 Å². The van der Waals surface area contributed by atoms with Crippen LogP contribution >= 0.6 is 15.9 Å². The van der Waals surface area contributed by atoms with Gasteiger partial charge < -0.3 is 9.84 Å². The molecule has 0 aliphatic heterocycles. The van der Waals surface area contributed by atoms with E-state index in [1.807, 2.05) is 25.1 Å². The van der Waals surface area contributed by atoms with Crippen LogP contribution in [-0.4, -0.2) is 23.1 Å². The number of halogens is 1. The van der Waals surface area contributed by atoms with Crippen LogP contribution in [0.5, 0.6) is 5.75 Å². The molecule has 0 bridgehead atoms. The van der Waals surface area contributed by atoms with Crippen LogP contribution in [0, 0.1) is 13.8 Å². The predicted octanol–water partition coefficient (Wildman–Crippen LogP) is 2.44. The summed E-state index contributed by atoms with van der Waals surface area (Å²) in [7, 11) is 0. The van der Waals surface area contributed by atoms with Gasteiger partial charge in [0.2, 0.25) is 0 Å². The Bertz CT molecular complexity index is 299. The largest absolute Gasteiger partial charge is 0.491 e. The molecule has 0 radical (unpaired) electrons. The molecule has 0 saturated heterocycles. The van der Waals surface area contributed by atoms with Crippen LogP contribution in [0.3, 0.4) is 0 Å². The van der Waals surface area contributed by atoms with Gasteiger partial charge in [-0.25, -0.2) is 0 Å². The Morgan fingerprint density at radius 2 is 2.07 bits per heavy atom. The molecule has 0 aromatic heterocycles. The van der Waals surface area contributed by atoms with Crippen LogP contribution in [0.25, 0.3) is 0 Å². The lowest BCUT2D eigenvalue weighted by Crippen LogP contribution is -2.18. The van der Waals surface area contributed by atoms with Gasteiger partial charge in [-0.05, 0) is 37.1 Å². The number of aliphatic hydroxyl groups is 1. The summed E-state index contributed by atoms with van der Waals surface area (Å²) in [5.74, 6) is 0.813. The van der Waals surface area contributed by atoms with Crippen LogP contribution in [0.2, 0.25) is 0 Å². The molecule has 0 amide bonds. The minimum atomic E-state index is -0.448. The maximum absolute atomic E-state index is 9.27. The topological polar surface area (TPSA) is 29.5 Å². The van der Waals surface area contributed by atoms with Gasteiger partial charge in [0.05, 0.1) is 6.10 Å². The Balaban J connectivity index is 2.55. The van der Waals surface area contributed by atoms with Crippen LogP contribution in [0.15, 0.2) is 18.2 Å². The first-order chi connectivity index (χ1) is 6.63. The quantitative estimate of drug-likeness (QED) is 0.841. The van der Waals surface area contributed by atoms with Crippen molar-refractivity contribution < 1.29 is 9.84 Å². The Kier molecular flexibility index (Phi) is 4.42. The number of benzene rings is 1. The van der Waals surface area contributed by atoms with Gasteiger partial charge in [0.1, 0.15) is 12.4 Å². The molecule has 0 saturated carbocycles. The van der Waals surface area contributed by atoms with Gasteiger partial charge in [-0.2, -0.15) is 0 Å². The van der Waals surface area contributed by atoms with Crippen LogP contribution in [-0.2, 0) is 0 Å². The second-order valence-electron chi connectivity index (χ2n) is 3.37. The smallest absolute Gasteiger partial charge is 0.119 e. The molecule has 1 atom stereocenters. The molecule has 1 aromatic rings. The van der Waals surface area contributed by atoms with Crippen molar-refractivity contribution in [2.75, 3.05) is 11.9 Å². The summed E-state index contributed by atoms with van der Waals surface area (Å²) in [6.45, 7) is 4.43. The lowest BCUT2D eigenvalue weighted by atomic mass is 10.1. The summed E-state index contributed by atoms with van der Waals surface area (Å²) in [6.07, 6.45) is -0.448. The van der Waals surface area contributed by atoms with Crippen molar-refractivity contribution >= 4 is 15.9 Å². The molecule has 2 nitrogen and oxygen atoms in total. The SMILES string of the molecule is Cc1ccc(OCC(O)CBr)cc1C. The fourth-order valence-electron chi connectivity index (χ4n) is 1.04. The number of aryl methyl sites for hydroxylation is 2. The van der Waals surface area contributed by atoms with Gasteiger partial charge in [0.15, 0.2) is 0 Å². The van der Waals surface area contributed by atoms with Gasteiger partial charge in [0, 0.05) is 5.33 Å². The zero-order chi connectivity index (χ0) is 10.6. The average Bonchev–Trinajstić information content (AvgIpc) is 2.19. The van der Waals surface area contributed by atoms with E-state index in [0.29, 0.717) is 11.9 Å².